The first-order valence-electron chi connectivity index (χ1n) is 10.4. The first-order chi connectivity index (χ1) is 13.7. The molecular formula is C20H34N6O2. The number of hydrogen-bond acceptors (Lipinski definition) is 5. The van der Waals surface area contributed by atoms with Gasteiger partial charge in [0.2, 0.25) is 5.91 Å². The largest absolute Gasteiger partial charge is 0.468 e. The van der Waals surface area contributed by atoms with Gasteiger partial charge in [0.25, 0.3) is 0 Å². The third-order valence-corrected chi connectivity index (χ3v) is 5.68. The quantitative estimate of drug-likeness (QED) is 0.528. The molecule has 8 nitrogen and oxygen atoms in total. The lowest BCUT2D eigenvalue weighted by Crippen LogP contribution is -2.50. The summed E-state index contributed by atoms with van der Waals surface area (Å²) in [5.74, 6) is 2.00. The molecule has 0 aliphatic carbocycles. The van der Waals surface area contributed by atoms with Gasteiger partial charge in [-0.05, 0) is 38.1 Å². The van der Waals surface area contributed by atoms with Gasteiger partial charge in [0.15, 0.2) is 5.96 Å². The monoisotopic (exact) mass is 390 g/mol. The number of hydrogen-bond donors (Lipinski definition) is 2. The first-order valence-corrected chi connectivity index (χ1v) is 10.4. The first kappa shape index (κ1) is 20.7. The van der Waals surface area contributed by atoms with Crippen molar-refractivity contribution in [3.05, 3.63) is 24.2 Å². The molecular weight excluding hydrogens is 356 g/mol. The minimum absolute atomic E-state index is 0.173. The number of carbonyl (C=O) groups is 1. The number of likely N-dealkylation sites (tertiary alicyclic amines) is 1. The van der Waals surface area contributed by atoms with Gasteiger partial charge >= 0.3 is 0 Å². The van der Waals surface area contributed by atoms with Crippen LogP contribution >= 0.6 is 0 Å². The van der Waals surface area contributed by atoms with Crippen LogP contribution in [-0.2, 0) is 4.79 Å². The van der Waals surface area contributed by atoms with Crippen LogP contribution in [0, 0.1) is 0 Å². The predicted molar refractivity (Wildman–Crippen MR) is 110 cm³/mol. The van der Waals surface area contributed by atoms with Gasteiger partial charge in [-0.15, -0.1) is 0 Å². The number of rotatable bonds is 7. The zero-order chi connectivity index (χ0) is 19.8. The van der Waals surface area contributed by atoms with E-state index in [9.17, 15) is 4.79 Å². The van der Waals surface area contributed by atoms with Gasteiger partial charge < -0.3 is 20.0 Å². The Balaban J connectivity index is 1.41. The summed E-state index contributed by atoms with van der Waals surface area (Å²) < 4.78 is 5.68. The summed E-state index contributed by atoms with van der Waals surface area (Å²) in [6.07, 6.45) is 4.25. The molecule has 1 unspecified atom stereocenters. The summed E-state index contributed by atoms with van der Waals surface area (Å²) in [7, 11) is 1.80. The smallest absolute Gasteiger partial charge is 0.219 e. The van der Waals surface area contributed by atoms with E-state index in [0.717, 1.165) is 70.6 Å². The van der Waals surface area contributed by atoms with Crippen LogP contribution in [-0.4, -0.2) is 92.5 Å². The van der Waals surface area contributed by atoms with Crippen molar-refractivity contribution >= 4 is 11.9 Å². The average Bonchev–Trinajstić information content (AvgIpc) is 3.42. The highest BCUT2D eigenvalue weighted by atomic mass is 16.3. The maximum absolute atomic E-state index is 11.4. The minimum Gasteiger partial charge on any atom is -0.468 e. The number of piperazine rings is 1. The molecule has 1 aromatic rings. The highest BCUT2D eigenvalue weighted by Crippen LogP contribution is 2.24. The summed E-state index contributed by atoms with van der Waals surface area (Å²) in [4.78, 5) is 22.6. The van der Waals surface area contributed by atoms with Crippen molar-refractivity contribution in [3.8, 4) is 0 Å². The summed E-state index contributed by atoms with van der Waals surface area (Å²) in [5.41, 5.74) is 0. The Labute approximate surface area is 167 Å². The maximum Gasteiger partial charge on any atom is 0.219 e. The van der Waals surface area contributed by atoms with Crippen LogP contribution in [0.5, 0.6) is 0 Å². The molecule has 1 amide bonds. The SMILES string of the molecule is CN=C(NCCN1CCN(C(C)=O)CC1)NCC(c1ccco1)N1CCCC1. The molecule has 2 N–H and O–H groups in total. The molecule has 8 heteroatoms. The van der Waals surface area contributed by atoms with E-state index in [0.29, 0.717) is 0 Å². The van der Waals surface area contributed by atoms with E-state index >= 15 is 0 Å². The zero-order valence-corrected chi connectivity index (χ0v) is 17.2. The molecule has 2 aliphatic rings. The van der Waals surface area contributed by atoms with Crippen molar-refractivity contribution in [2.45, 2.75) is 25.8 Å². The van der Waals surface area contributed by atoms with Gasteiger partial charge in [0, 0.05) is 59.8 Å². The second-order valence-corrected chi connectivity index (χ2v) is 7.50. The maximum atomic E-state index is 11.4. The van der Waals surface area contributed by atoms with Crippen LogP contribution in [0.4, 0.5) is 0 Å². The Morgan fingerprint density at radius 3 is 2.54 bits per heavy atom. The molecule has 0 aromatic carbocycles. The molecule has 0 saturated carbocycles. The molecule has 0 bridgehead atoms. The summed E-state index contributed by atoms with van der Waals surface area (Å²) in [6.45, 7) is 9.93. The molecule has 2 fully saturated rings. The van der Waals surface area contributed by atoms with Crippen LogP contribution in [0.25, 0.3) is 0 Å². The molecule has 0 spiro atoms. The number of nitrogens with zero attached hydrogens (tertiary/aromatic N) is 4. The number of furan rings is 1. The van der Waals surface area contributed by atoms with E-state index in [-0.39, 0.29) is 11.9 Å². The normalized spacial score (nSPS) is 20.4. The van der Waals surface area contributed by atoms with Gasteiger partial charge in [-0.2, -0.15) is 0 Å². The van der Waals surface area contributed by atoms with Gasteiger partial charge in [0.1, 0.15) is 5.76 Å². The Kier molecular flexibility index (Phi) is 7.73. The molecule has 3 rings (SSSR count). The van der Waals surface area contributed by atoms with Gasteiger partial charge in [-0.3, -0.25) is 19.6 Å². The van der Waals surface area contributed by atoms with Crippen molar-refractivity contribution in [3.63, 3.8) is 0 Å². The van der Waals surface area contributed by atoms with Gasteiger partial charge in [-0.1, -0.05) is 0 Å². The van der Waals surface area contributed by atoms with Crippen molar-refractivity contribution in [2.24, 2.45) is 4.99 Å². The van der Waals surface area contributed by atoms with E-state index in [2.05, 4.69) is 31.5 Å². The fourth-order valence-electron chi connectivity index (χ4n) is 3.98. The molecule has 28 heavy (non-hydrogen) atoms. The lowest BCUT2D eigenvalue weighted by atomic mass is 10.2. The van der Waals surface area contributed by atoms with E-state index in [4.69, 9.17) is 4.42 Å². The second kappa shape index (κ2) is 10.5. The molecule has 2 aliphatic heterocycles. The zero-order valence-electron chi connectivity index (χ0n) is 17.2. The van der Waals surface area contributed by atoms with Crippen molar-refractivity contribution in [1.29, 1.82) is 0 Å². The average molecular weight is 391 g/mol. The number of guanidine groups is 1. The Bertz CT molecular complexity index is 619. The van der Waals surface area contributed by atoms with Crippen LogP contribution in [0.2, 0.25) is 0 Å². The molecule has 1 aromatic heterocycles. The fourth-order valence-corrected chi connectivity index (χ4v) is 3.98. The second-order valence-electron chi connectivity index (χ2n) is 7.50. The highest BCUT2D eigenvalue weighted by Gasteiger charge is 2.25. The van der Waals surface area contributed by atoms with Crippen molar-refractivity contribution in [1.82, 2.24) is 25.3 Å². The van der Waals surface area contributed by atoms with E-state index < -0.39 is 0 Å². The van der Waals surface area contributed by atoms with E-state index in [1.807, 2.05) is 11.0 Å². The molecule has 1 atom stereocenters. The number of nitrogens with one attached hydrogen (secondary N) is 2. The lowest BCUT2D eigenvalue weighted by Gasteiger charge is -2.34. The van der Waals surface area contributed by atoms with E-state index in [1.54, 1.807) is 20.2 Å². The predicted octanol–water partition coefficient (Wildman–Crippen LogP) is 0.746. The topological polar surface area (TPSA) is 76.4 Å². The Morgan fingerprint density at radius 1 is 1.18 bits per heavy atom. The van der Waals surface area contributed by atoms with Crippen LogP contribution < -0.4 is 10.6 Å². The standard InChI is InChI=1S/C20H34N6O2/c1-17(27)25-13-11-24(12-14-25)10-7-22-20(21-2)23-16-18(19-6-5-15-28-19)26-8-3-4-9-26/h5-6,15,18H,3-4,7-14,16H2,1-2H3,(H2,21,22,23). The third-order valence-electron chi connectivity index (χ3n) is 5.68. The molecule has 3 heterocycles. The van der Waals surface area contributed by atoms with Gasteiger partial charge in [0.05, 0.1) is 12.3 Å². The van der Waals surface area contributed by atoms with Crippen LogP contribution in [0.1, 0.15) is 31.6 Å². The Hall–Kier alpha value is -2.06. The summed E-state index contributed by atoms with van der Waals surface area (Å²) in [5, 5.41) is 6.87. The van der Waals surface area contributed by atoms with Crippen LogP contribution in [0.3, 0.4) is 0 Å². The Morgan fingerprint density at radius 2 is 1.93 bits per heavy atom. The summed E-state index contributed by atoms with van der Waals surface area (Å²) >= 11 is 0. The minimum atomic E-state index is 0.173. The highest BCUT2D eigenvalue weighted by molar-refractivity contribution is 5.79. The number of amides is 1. The third kappa shape index (κ3) is 5.72. The van der Waals surface area contributed by atoms with Gasteiger partial charge in [-0.25, -0.2) is 0 Å². The fraction of sp³-hybridized carbons (Fsp3) is 0.700. The van der Waals surface area contributed by atoms with Crippen LogP contribution in [0.15, 0.2) is 27.8 Å². The number of aliphatic imine (C=N–C) groups is 1. The molecule has 156 valence electrons. The van der Waals surface area contributed by atoms with E-state index in [1.165, 1.54) is 12.8 Å². The lowest BCUT2D eigenvalue weighted by molar-refractivity contribution is -0.130. The van der Waals surface area contributed by atoms with Crippen molar-refractivity contribution < 1.29 is 9.21 Å². The molecule has 2 saturated heterocycles. The van der Waals surface area contributed by atoms with Crippen molar-refractivity contribution in [2.75, 3.05) is 66.0 Å². The number of carbonyl (C=O) groups excluding carboxylic acids is 1. The summed E-state index contributed by atoms with van der Waals surface area (Å²) in [6, 6.07) is 4.24. The molecule has 0 radical (unpaired) electrons.